The van der Waals surface area contributed by atoms with Crippen LogP contribution in [0, 0.1) is 18.6 Å². The lowest BCUT2D eigenvalue weighted by Crippen LogP contribution is -2.30. The SMILES string of the molecule is Cc1ccc(S(=O)(=O)N=c2ccc(F)cn2CC(N)=O)cc1.O=C(Nc1cn2cc(F)ccc2n1)C(F)(F)F. The molecule has 0 unspecified atom stereocenters. The maximum atomic E-state index is 13.2. The molecule has 0 spiro atoms. The topological polar surface area (TPSA) is 141 Å². The number of sulfonamides is 1. The zero-order valence-electron chi connectivity index (χ0n) is 19.9. The van der Waals surface area contributed by atoms with Gasteiger partial charge in [0.15, 0.2) is 5.82 Å². The summed E-state index contributed by atoms with van der Waals surface area (Å²) in [5.74, 6) is -4.35. The van der Waals surface area contributed by atoms with Crippen LogP contribution in [0.15, 0.2) is 76.4 Å². The lowest BCUT2D eigenvalue weighted by molar-refractivity contribution is -0.167. The molecule has 10 nitrogen and oxygen atoms in total. The van der Waals surface area contributed by atoms with Gasteiger partial charge in [-0.25, -0.2) is 13.8 Å². The Kier molecular flexibility index (Phi) is 8.48. The van der Waals surface area contributed by atoms with Crippen LogP contribution in [0.2, 0.25) is 0 Å². The number of carbonyl (C=O) groups excluding carboxylic acids is 2. The number of nitrogens with zero attached hydrogens (tertiary/aromatic N) is 4. The van der Waals surface area contributed by atoms with Crippen LogP contribution in [0.5, 0.6) is 0 Å². The molecule has 39 heavy (non-hydrogen) atoms. The molecule has 0 saturated heterocycles. The smallest absolute Gasteiger partial charge is 0.368 e. The van der Waals surface area contributed by atoms with Crippen LogP contribution in [0.25, 0.3) is 5.65 Å². The quantitative estimate of drug-likeness (QED) is 0.355. The number of benzene rings is 1. The number of carbonyl (C=O) groups is 2. The predicted octanol–water partition coefficient (Wildman–Crippen LogP) is 2.68. The number of primary amides is 1. The fourth-order valence-electron chi connectivity index (χ4n) is 2.98. The Morgan fingerprint density at radius 2 is 1.59 bits per heavy atom. The minimum atomic E-state index is -4.99. The molecular weight excluding hydrogens is 551 g/mol. The first-order chi connectivity index (χ1) is 18.1. The monoisotopic (exact) mass is 570 g/mol. The number of pyridine rings is 2. The van der Waals surface area contributed by atoms with Gasteiger partial charge in [0.2, 0.25) is 5.91 Å². The molecule has 0 aliphatic rings. The summed E-state index contributed by atoms with van der Waals surface area (Å²) >= 11 is 0. The van der Waals surface area contributed by atoms with Crippen molar-refractivity contribution in [1.82, 2.24) is 14.0 Å². The maximum absolute atomic E-state index is 13.2. The summed E-state index contributed by atoms with van der Waals surface area (Å²) in [4.78, 5) is 25.3. The Hall–Kier alpha value is -4.60. The molecule has 0 aliphatic carbocycles. The van der Waals surface area contributed by atoms with Crippen molar-refractivity contribution in [3.05, 3.63) is 89.8 Å². The number of amides is 2. The average Bonchev–Trinajstić information content (AvgIpc) is 3.22. The summed E-state index contributed by atoms with van der Waals surface area (Å²) in [7, 11) is -3.97. The zero-order valence-corrected chi connectivity index (χ0v) is 20.7. The highest BCUT2D eigenvalue weighted by atomic mass is 32.2. The lowest BCUT2D eigenvalue weighted by Gasteiger charge is -2.05. The standard InChI is InChI=1S/C14H14FN3O3S.C9H5F4N3O/c1-10-2-5-12(6-3-10)22(20,21)17-14-7-4-11(15)8-18(14)9-13(16)19;10-5-1-2-7-14-6(4-16(7)3-5)15-8(17)9(11,12)13/h2-8H,9H2,1H3,(H2,16,19);1-4H,(H,15,17). The van der Waals surface area contributed by atoms with Crippen LogP contribution in [-0.2, 0) is 26.2 Å². The fraction of sp³-hybridized carbons (Fsp3) is 0.130. The second-order valence-electron chi connectivity index (χ2n) is 7.87. The number of nitrogens with one attached hydrogen (secondary N) is 1. The number of fused-ring (bicyclic) bond motifs is 1. The fourth-order valence-corrected chi connectivity index (χ4v) is 3.98. The molecule has 0 bridgehead atoms. The number of alkyl halides is 3. The number of hydrogen-bond donors (Lipinski definition) is 2. The van der Waals surface area contributed by atoms with Crippen molar-refractivity contribution in [3.63, 3.8) is 0 Å². The number of halogens is 5. The maximum Gasteiger partial charge on any atom is 0.471 e. The zero-order chi connectivity index (χ0) is 29.0. The summed E-state index contributed by atoms with van der Waals surface area (Å²) in [5.41, 5.74) is 6.11. The highest BCUT2D eigenvalue weighted by Crippen LogP contribution is 2.18. The Labute approximate surface area is 217 Å². The molecule has 16 heteroatoms. The van der Waals surface area contributed by atoms with Crippen molar-refractivity contribution in [1.29, 1.82) is 0 Å². The van der Waals surface area contributed by atoms with E-state index in [2.05, 4.69) is 9.38 Å². The molecule has 3 aromatic heterocycles. The lowest BCUT2D eigenvalue weighted by atomic mass is 10.2. The molecule has 0 saturated carbocycles. The molecule has 4 rings (SSSR count). The van der Waals surface area contributed by atoms with E-state index in [0.29, 0.717) is 0 Å². The van der Waals surface area contributed by atoms with Gasteiger partial charge >= 0.3 is 12.1 Å². The molecule has 0 fully saturated rings. The number of anilines is 1. The summed E-state index contributed by atoms with van der Waals surface area (Å²) in [6.45, 7) is 1.45. The van der Waals surface area contributed by atoms with E-state index in [4.69, 9.17) is 5.73 Å². The van der Waals surface area contributed by atoms with E-state index in [1.54, 1.807) is 17.4 Å². The molecule has 1 aromatic carbocycles. The molecular formula is C23H19F5N6O4S. The van der Waals surface area contributed by atoms with Crippen LogP contribution >= 0.6 is 0 Å². The summed E-state index contributed by atoms with van der Waals surface area (Å²) in [5, 5.41) is 1.57. The Morgan fingerprint density at radius 1 is 0.974 bits per heavy atom. The Bertz CT molecular complexity index is 1700. The van der Waals surface area contributed by atoms with Gasteiger partial charge in [-0.3, -0.25) is 9.59 Å². The van der Waals surface area contributed by atoms with Gasteiger partial charge < -0.3 is 20.0 Å². The number of aryl methyl sites for hydroxylation is 1. The van der Waals surface area contributed by atoms with Crippen LogP contribution in [0.3, 0.4) is 0 Å². The highest BCUT2D eigenvalue weighted by Gasteiger charge is 2.39. The largest absolute Gasteiger partial charge is 0.471 e. The van der Waals surface area contributed by atoms with Crippen molar-refractivity contribution >= 4 is 33.3 Å². The van der Waals surface area contributed by atoms with E-state index < -0.39 is 39.6 Å². The van der Waals surface area contributed by atoms with Gasteiger partial charge in [0.1, 0.15) is 29.3 Å². The normalized spacial score (nSPS) is 12.1. The van der Waals surface area contributed by atoms with E-state index in [1.165, 1.54) is 28.7 Å². The Morgan fingerprint density at radius 3 is 2.21 bits per heavy atom. The molecule has 206 valence electrons. The predicted molar refractivity (Wildman–Crippen MR) is 127 cm³/mol. The van der Waals surface area contributed by atoms with E-state index >= 15 is 0 Å². The number of nitrogens with two attached hydrogens (primary N) is 1. The first-order valence-corrected chi connectivity index (χ1v) is 12.1. The van der Waals surface area contributed by atoms with E-state index in [9.17, 15) is 40.0 Å². The van der Waals surface area contributed by atoms with Crippen molar-refractivity contribution in [2.75, 3.05) is 5.32 Å². The van der Waals surface area contributed by atoms with E-state index in [1.807, 2.05) is 6.92 Å². The third-order valence-electron chi connectivity index (χ3n) is 4.74. The summed E-state index contributed by atoms with van der Waals surface area (Å²) in [6, 6.07) is 10.8. The third kappa shape index (κ3) is 7.94. The van der Waals surface area contributed by atoms with Crippen LogP contribution in [0.1, 0.15) is 5.56 Å². The minimum Gasteiger partial charge on any atom is -0.368 e. The van der Waals surface area contributed by atoms with Gasteiger partial charge in [0.05, 0.1) is 11.1 Å². The molecule has 4 aromatic rings. The van der Waals surface area contributed by atoms with Crippen LogP contribution in [0.4, 0.5) is 27.8 Å². The van der Waals surface area contributed by atoms with Crippen LogP contribution in [-0.4, -0.2) is 40.4 Å². The van der Waals surface area contributed by atoms with E-state index in [0.717, 1.165) is 40.9 Å². The molecule has 0 radical (unpaired) electrons. The number of imidazole rings is 1. The number of rotatable bonds is 5. The summed E-state index contributed by atoms with van der Waals surface area (Å²) in [6.07, 6.45) is -1.90. The minimum absolute atomic E-state index is 0.00745. The van der Waals surface area contributed by atoms with Gasteiger partial charge in [-0.1, -0.05) is 17.7 Å². The number of aromatic nitrogens is 3. The van der Waals surface area contributed by atoms with Crippen molar-refractivity contribution in [2.45, 2.75) is 24.5 Å². The van der Waals surface area contributed by atoms with Gasteiger partial charge in [0.25, 0.3) is 10.0 Å². The second kappa shape index (κ2) is 11.4. The molecule has 3 heterocycles. The molecule has 3 N–H and O–H groups in total. The Balaban J connectivity index is 0.000000223. The average molecular weight is 571 g/mol. The molecule has 2 amide bonds. The van der Waals surface area contributed by atoms with Gasteiger partial charge in [-0.2, -0.15) is 21.6 Å². The van der Waals surface area contributed by atoms with E-state index in [-0.39, 0.29) is 28.4 Å². The third-order valence-corrected chi connectivity index (χ3v) is 6.03. The first-order valence-electron chi connectivity index (χ1n) is 10.7. The summed E-state index contributed by atoms with van der Waals surface area (Å²) < 4.78 is 92.2. The van der Waals surface area contributed by atoms with Crippen LogP contribution < -0.4 is 16.5 Å². The van der Waals surface area contributed by atoms with Crippen molar-refractivity contribution in [3.8, 4) is 0 Å². The number of hydrogen-bond acceptors (Lipinski definition) is 5. The highest BCUT2D eigenvalue weighted by molar-refractivity contribution is 7.90. The van der Waals surface area contributed by atoms with Gasteiger partial charge in [-0.05, 0) is 43.3 Å². The van der Waals surface area contributed by atoms with Crippen molar-refractivity contribution in [2.24, 2.45) is 10.1 Å². The first kappa shape index (κ1) is 29.0. The van der Waals surface area contributed by atoms with Gasteiger partial charge in [0, 0.05) is 12.4 Å². The van der Waals surface area contributed by atoms with Crippen molar-refractivity contribution < 1.29 is 40.0 Å². The van der Waals surface area contributed by atoms with Gasteiger partial charge in [-0.15, -0.1) is 4.40 Å². The molecule has 0 atom stereocenters. The second-order valence-corrected chi connectivity index (χ2v) is 9.47. The molecule has 0 aliphatic heterocycles.